The molecule has 13 nitrogen and oxygen atoms in total. The Hall–Kier alpha value is -5.63. The Morgan fingerprint density at radius 3 is 2.66 bits per heavy atom. The average Bonchev–Trinajstić information content (AvgIpc) is 3.76. The van der Waals surface area contributed by atoms with E-state index in [2.05, 4.69) is 31.2 Å². The minimum Gasteiger partial charge on any atom is -0.383 e. The third-order valence-corrected chi connectivity index (χ3v) is 7.97. The number of aryl methyl sites for hydroxylation is 1. The van der Waals surface area contributed by atoms with Crippen LogP contribution in [0.5, 0.6) is 0 Å². The first-order valence-corrected chi connectivity index (χ1v) is 15.6. The summed E-state index contributed by atoms with van der Waals surface area (Å²) < 4.78 is 28.9. The van der Waals surface area contributed by atoms with Crippen LogP contribution in [0.3, 0.4) is 0 Å². The molecule has 1 atom stereocenters. The average molecular weight is 607 g/mol. The first-order chi connectivity index (χ1) is 21.2. The number of hydrogen-bond acceptors (Lipinski definition) is 9. The van der Waals surface area contributed by atoms with Gasteiger partial charge in [-0.2, -0.15) is 5.10 Å². The number of nitrogen functional groups attached to an aromatic ring is 1. The van der Waals surface area contributed by atoms with Crippen molar-refractivity contribution < 1.29 is 13.2 Å². The van der Waals surface area contributed by atoms with Crippen molar-refractivity contribution >= 4 is 38.7 Å². The van der Waals surface area contributed by atoms with Crippen molar-refractivity contribution in [2.24, 2.45) is 0 Å². The molecule has 1 aliphatic rings. The molecule has 0 radical (unpaired) electrons. The van der Waals surface area contributed by atoms with Crippen LogP contribution in [0.15, 0.2) is 85.5 Å². The number of carbonyl (C=O) groups is 1. The summed E-state index contributed by atoms with van der Waals surface area (Å²) in [6, 6.07) is 18.2. The number of anilines is 2. The van der Waals surface area contributed by atoms with Crippen molar-refractivity contribution in [2.75, 3.05) is 16.7 Å². The summed E-state index contributed by atoms with van der Waals surface area (Å²) in [5.74, 6) is 1.46. The molecule has 5 aromatic heterocycles. The highest BCUT2D eigenvalue weighted by molar-refractivity contribution is 7.92. The smallest absolute Gasteiger partial charge is 0.253 e. The van der Waals surface area contributed by atoms with Crippen LogP contribution in [0.4, 0.5) is 11.6 Å². The monoisotopic (exact) mass is 606 g/mol. The molecule has 1 aromatic carbocycles. The van der Waals surface area contributed by atoms with E-state index in [1.807, 2.05) is 53.2 Å². The van der Waals surface area contributed by atoms with E-state index in [1.165, 1.54) is 18.3 Å². The molecule has 0 fully saturated rings. The molecular weight excluding hydrogens is 580 g/mol. The fourth-order valence-electron chi connectivity index (χ4n) is 5.42. The normalized spacial score (nSPS) is 14.4. The van der Waals surface area contributed by atoms with Gasteiger partial charge in [0.15, 0.2) is 17.3 Å². The third-order valence-electron chi connectivity index (χ3n) is 7.39. The molecule has 14 heteroatoms. The fourth-order valence-corrected chi connectivity index (χ4v) is 5.92. The predicted octanol–water partition coefficient (Wildman–Crippen LogP) is 3.43. The molecular formula is C30H26N10O3S. The maximum absolute atomic E-state index is 13.0. The topological polar surface area (TPSA) is 176 Å². The van der Waals surface area contributed by atoms with Gasteiger partial charge in [-0.1, -0.05) is 6.07 Å². The molecule has 0 spiro atoms. The van der Waals surface area contributed by atoms with Crippen molar-refractivity contribution in [1.82, 2.24) is 39.6 Å². The second-order valence-electron chi connectivity index (χ2n) is 10.4. The third kappa shape index (κ3) is 5.11. The summed E-state index contributed by atoms with van der Waals surface area (Å²) in [5, 5.41) is 7.41. The van der Waals surface area contributed by atoms with Gasteiger partial charge in [-0.15, -0.1) is 0 Å². The van der Waals surface area contributed by atoms with Gasteiger partial charge in [0.1, 0.15) is 17.2 Å². The van der Waals surface area contributed by atoms with Crippen LogP contribution in [0.2, 0.25) is 0 Å². The van der Waals surface area contributed by atoms with Gasteiger partial charge in [-0.25, -0.2) is 33.0 Å². The van der Waals surface area contributed by atoms with Crippen LogP contribution in [0, 0.1) is 0 Å². The minimum absolute atomic E-state index is 0.147. The number of nitrogens with one attached hydrogen (secondary N) is 2. The standard InChI is InChI=1S/C30H26N10O3S/c1-44(42,43)38-25-11-6-19(17-33-25)30(41)36-23-9-5-18-16-20(7-8-21(18)23)40-28(22-4-2-13-32-27(22)31)35-24-10-12-26(37-29(24)40)39-15-3-14-34-39/h2-4,6-8,10-17,23H,5,9H2,1H3,(H2,31,32)(H,33,38)(H,36,41)/t23-/m0/s1. The molecule has 0 aliphatic heterocycles. The van der Waals surface area contributed by atoms with Crippen molar-refractivity contribution in [2.45, 2.75) is 18.9 Å². The van der Waals surface area contributed by atoms with Crippen LogP contribution in [-0.2, 0) is 16.4 Å². The number of rotatable bonds is 7. The number of imidazole rings is 1. The highest BCUT2D eigenvalue weighted by atomic mass is 32.2. The molecule has 220 valence electrons. The second-order valence-corrected chi connectivity index (χ2v) is 12.2. The highest BCUT2D eigenvalue weighted by Crippen LogP contribution is 2.36. The fraction of sp³-hybridized carbons (Fsp3) is 0.133. The van der Waals surface area contributed by atoms with Gasteiger partial charge in [0.25, 0.3) is 5.91 Å². The molecule has 44 heavy (non-hydrogen) atoms. The maximum atomic E-state index is 13.0. The van der Waals surface area contributed by atoms with Crippen LogP contribution in [0.1, 0.15) is 33.9 Å². The zero-order chi connectivity index (χ0) is 30.4. The van der Waals surface area contributed by atoms with E-state index in [0.717, 1.165) is 35.9 Å². The molecule has 1 amide bonds. The Morgan fingerprint density at radius 1 is 1.02 bits per heavy atom. The van der Waals surface area contributed by atoms with Crippen molar-refractivity contribution in [3.63, 3.8) is 0 Å². The van der Waals surface area contributed by atoms with E-state index < -0.39 is 10.0 Å². The Kier molecular flexibility index (Phi) is 6.54. The van der Waals surface area contributed by atoms with Gasteiger partial charge >= 0.3 is 0 Å². The largest absolute Gasteiger partial charge is 0.383 e. The molecule has 0 unspecified atom stereocenters. The van der Waals surface area contributed by atoms with Crippen molar-refractivity contribution in [1.29, 1.82) is 0 Å². The lowest BCUT2D eigenvalue weighted by atomic mass is 10.1. The van der Waals surface area contributed by atoms with Crippen molar-refractivity contribution in [3.8, 4) is 22.9 Å². The van der Waals surface area contributed by atoms with E-state index >= 15 is 0 Å². The minimum atomic E-state index is -3.46. The lowest BCUT2D eigenvalue weighted by Gasteiger charge is -2.16. The molecule has 5 heterocycles. The van der Waals surface area contributed by atoms with Crippen LogP contribution in [-0.4, -0.2) is 54.9 Å². The zero-order valence-electron chi connectivity index (χ0n) is 23.4. The van der Waals surface area contributed by atoms with E-state index in [0.29, 0.717) is 39.8 Å². The number of sulfonamides is 1. The van der Waals surface area contributed by atoms with E-state index in [-0.39, 0.29) is 17.8 Å². The van der Waals surface area contributed by atoms with Crippen molar-refractivity contribution in [3.05, 3.63) is 102 Å². The number of nitrogens with zero attached hydrogens (tertiary/aromatic N) is 7. The summed E-state index contributed by atoms with van der Waals surface area (Å²) in [5.41, 5.74) is 11.6. The Bertz CT molecular complexity index is 2140. The number of amides is 1. The summed E-state index contributed by atoms with van der Waals surface area (Å²) in [6.07, 6.45) is 9.03. The lowest BCUT2D eigenvalue weighted by Crippen LogP contribution is -2.27. The number of benzene rings is 1. The quantitative estimate of drug-likeness (QED) is 0.246. The molecule has 7 rings (SSSR count). The predicted molar refractivity (Wildman–Crippen MR) is 165 cm³/mol. The molecule has 1 aliphatic carbocycles. The lowest BCUT2D eigenvalue weighted by molar-refractivity contribution is 0.0936. The Labute approximate surface area is 251 Å². The number of hydrogen-bond donors (Lipinski definition) is 3. The molecule has 4 N–H and O–H groups in total. The first kappa shape index (κ1) is 27.2. The number of pyridine rings is 3. The number of carbonyl (C=O) groups excluding carboxylic acids is 1. The highest BCUT2D eigenvalue weighted by Gasteiger charge is 2.26. The maximum Gasteiger partial charge on any atom is 0.253 e. The van der Waals surface area contributed by atoms with Gasteiger partial charge in [0.2, 0.25) is 10.0 Å². The Balaban J connectivity index is 1.23. The summed E-state index contributed by atoms with van der Waals surface area (Å²) in [6.45, 7) is 0. The number of nitrogens with two attached hydrogens (primary N) is 1. The van der Waals surface area contributed by atoms with Gasteiger partial charge in [0.05, 0.1) is 23.4 Å². The Morgan fingerprint density at radius 2 is 1.91 bits per heavy atom. The summed E-state index contributed by atoms with van der Waals surface area (Å²) >= 11 is 0. The number of fused-ring (bicyclic) bond motifs is 2. The van der Waals surface area contributed by atoms with Crippen LogP contribution >= 0.6 is 0 Å². The SMILES string of the molecule is CS(=O)(=O)Nc1ccc(C(=O)N[C@H]2CCc3cc(-n4c(-c5cccnc5N)nc5ccc(-n6cccn6)nc54)ccc32)cn1. The van der Waals surface area contributed by atoms with E-state index in [9.17, 15) is 13.2 Å². The van der Waals surface area contributed by atoms with Crippen LogP contribution < -0.4 is 15.8 Å². The second kappa shape index (κ2) is 10.6. The molecule has 0 saturated carbocycles. The molecule has 6 aromatic rings. The van der Waals surface area contributed by atoms with E-state index in [4.69, 9.17) is 15.7 Å². The van der Waals surface area contributed by atoms with Gasteiger partial charge in [-0.05, 0) is 78.6 Å². The molecule has 0 bridgehead atoms. The van der Waals surface area contributed by atoms with E-state index in [1.54, 1.807) is 17.1 Å². The van der Waals surface area contributed by atoms with Gasteiger partial charge in [0, 0.05) is 30.5 Å². The van der Waals surface area contributed by atoms with Gasteiger partial charge < -0.3 is 11.1 Å². The first-order valence-electron chi connectivity index (χ1n) is 13.7. The number of aromatic nitrogens is 7. The molecule has 0 saturated heterocycles. The summed E-state index contributed by atoms with van der Waals surface area (Å²) in [4.78, 5) is 31.2. The summed E-state index contributed by atoms with van der Waals surface area (Å²) in [7, 11) is -3.46. The van der Waals surface area contributed by atoms with Crippen LogP contribution in [0.25, 0.3) is 34.1 Å². The van der Waals surface area contributed by atoms with Gasteiger partial charge in [-0.3, -0.25) is 14.1 Å². The zero-order valence-corrected chi connectivity index (χ0v) is 24.2.